The fourth-order valence-electron chi connectivity index (χ4n) is 3.15. The van der Waals surface area contributed by atoms with Gasteiger partial charge in [0.2, 0.25) is 6.10 Å². The van der Waals surface area contributed by atoms with Crippen molar-refractivity contribution in [2.24, 2.45) is 0 Å². The third-order valence-corrected chi connectivity index (χ3v) is 4.64. The number of esters is 1. The zero-order chi connectivity index (χ0) is 19.2. The molecule has 0 spiro atoms. The molecule has 0 bridgehead atoms. The number of aromatic hydroxyl groups is 1. The number of benzene rings is 2. The molecular formula is C21H23NO5. The summed E-state index contributed by atoms with van der Waals surface area (Å²) in [4.78, 5) is 27.5. The first-order valence-corrected chi connectivity index (χ1v) is 9.02. The first kappa shape index (κ1) is 18.8. The number of hydrogen-bond acceptors (Lipinski definition) is 5. The van der Waals surface area contributed by atoms with Gasteiger partial charge in [-0.1, -0.05) is 30.3 Å². The minimum atomic E-state index is -1.05. The maximum atomic E-state index is 13.0. The molecule has 27 heavy (non-hydrogen) atoms. The minimum absolute atomic E-state index is 0.0401. The van der Waals surface area contributed by atoms with Crippen LogP contribution in [0.2, 0.25) is 0 Å². The van der Waals surface area contributed by atoms with Crippen molar-refractivity contribution in [3.8, 4) is 11.5 Å². The summed E-state index contributed by atoms with van der Waals surface area (Å²) in [6.45, 7) is 1.31. The van der Waals surface area contributed by atoms with Gasteiger partial charge in [0.25, 0.3) is 5.91 Å². The predicted octanol–water partition coefficient (Wildman–Crippen LogP) is 3.31. The molecule has 6 heteroatoms. The molecule has 142 valence electrons. The van der Waals surface area contributed by atoms with Gasteiger partial charge in [0.15, 0.2) is 0 Å². The van der Waals surface area contributed by atoms with Crippen LogP contribution in [0.3, 0.4) is 0 Å². The lowest BCUT2D eigenvalue weighted by atomic mass is 10.1. The monoisotopic (exact) mass is 369 g/mol. The van der Waals surface area contributed by atoms with Crippen molar-refractivity contribution in [1.29, 1.82) is 0 Å². The molecule has 2 aromatic rings. The van der Waals surface area contributed by atoms with E-state index in [1.165, 1.54) is 19.2 Å². The Labute approximate surface area is 158 Å². The van der Waals surface area contributed by atoms with Crippen LogP contribution >= 0.6 is 0 Å². The smallest absolute Gasteiger partial charge is 0.343 e. The number of rotatable bonds is 5. The Balaban J connectivity index is 1.87. The van der Waals surface area contributed by atoms with E-state index in [1.54, 1.807) is 35.2 Å². The number of ether oxygens (including phenoxy) is 2. The molecule has 0 unspecified atom stereocenters. The van der Waals surface area contributed by atoms with Crippen molar-refractivity contribution in [2.75, 3.05) is 20.2 Å². The van der Waals surface area contributed by atoms with E-state index in [-0.39, 0.29) is 17.2 Å². The van der Waals surface area contributed by atoms with E-state index in [1.807, 2.05) is 6.07 Å². The predicted molar refractivity (Wildman–Crippen MR) is 99.7 cm³/mol. The summed E-state index contributed by atoms with van der Waals surface area (Å²) in [6.07, 6.45) is 1.93. The molecule has 6 nitrogen and oxygen atoms in total. The van der Waals surface area contributed by atoms with Crippen molar-refractivity contribution >= 4 is 11.9 Å². The van der Waals surface area contributed by atoms with E-state index in [0.29, 0.717) is 24.4 Å². The fourth-order valence-corrected chi connectivity index (χ4v) is 3.15. The van der Waals surface area contributed by atoms with Crippen LogP contribution in [0.15, 0.2) is 48.5 Å². The van der Waals surface area contributed by atoms with Crippen LogP contribution in [0, 0.1) is 0 Å². The Kier molecular flexibility index (Phi) is 5.96. The van der Waals surface area contributed by atoms with Crippen molar-refractivity contribution in [3.63, 3.8) is 0 Å². The molecule has 0 aliphatic carbocycles. The summed E-state index contributed by atoms with van der Waals surface area (Å²) >= 11 is 0. The highest BCUT2D eigenvalue weighted by molar-refractivity contribution is 5.95. The molecule has 0 radical (unpaired) electrons. The SMILES string of the molecule is COc1ccc(O)c(C(=O)O[C@@H](C(=O)N2CCCCC2)c2ccccc2)c1. The third-order valence-electron chi connectivity index (χ3n) is 4.64. The average Bonchev–Trinajstić information content (AvgIpc) is 2.73. The van der Waals surface area contributed by atoms with E-state index >= 15 is 0 Å². The molecule has 0 aromatic heterocycles. The van der Waals surface area contributed by atoms with Crippen LogP contribution in [-0.2, 0) is 9.53 Å². The zero-order valence-corrected chi connectivity index (χ0v) is 15.3. The third kappa shape index (κ3) is 4.39. The number of piperidine rings is 1. The van der Waals surface area contributed by atoms with Gasteiger partial charge < -0.3 is 19.5 Å². The van der Waals surface area contributed by atoms with E-state index in [4.69, 9.17) is 9.47 Å². The van der Waals surface area contributed by atoms with Gasteiger partial charge in [-0.25, -0.2) is 4.79 Å². The van der Waals surface area contributed by atoms with Crippen LogP contribution in [0.25, 0.3) is 0 Å². The molecule has 1 fully saturated rings. The number of phenols is 1. The fraction of sp³-hybridized carbons (Fsp3) is 0.333. The van der Waals surface area contributed by atoms with Crippen LogP contribution in [-0.4, -0.2) is 42.1 Å². The van der Waals surface area contributed by atoms with Crippen molar-refractivity contribution < 1.29 is 24.2 Å². The van der Waals surface area contributed by atoms with E-state index < -0.39 is 12.1 Å². The molecular weight excluding hydrogens is 346 g/mol. The number of methoxy groups -OCH3 is 1. The summed E-state index contributed by atoms with van der Waals surface area (Å²) in [6, 6.07) is 13.2. The lowest BCUT2D eigenvalue weighted by Gasteiger charge is -2.30. The second kappa shape index (κ2) is 8.58. The molecule has 1 N–H and O–H groups in total. The lowest BCUT2D eigenvalue weighted by Crippen LogP contribution is -2.40. The van der Waals surface area contributed by atoms with Crippen LogP contribution in [0.4, 0.5) is 0 Å². The van der Waals surface area contributed by atoms with Gasteiger partial charge in [0, 0.05) is 18.7 Å². The number of phenolic OH excluding ortho intramolecular Hbond substituents is 1. The van der Waals surface area contributed by atoms with E-state index in [0.717, 1.165) is 19.3 Å². The Morgan fingerprint density at radius 2 is 1.74 bits per heavy atom. The van der Waals surface area contributed by atoms with Crippen LogP contribution in [0.5, 0.6) is 11.5 Å². The highest BCUT2D eigenvalue weighted by atomic mass is 16.5. The second-order valence-electron chi connectivity index (χ2n) is 6.47. The maximum absolute atomic E-state index is 13.0. The Morgan fingerprint density at radius 1 is 1.04 bits per heavy atom. The minimum Gasteiger partial charge on any atom is -0.507 e. The quantitative estimate of drug-likeness (QED) is 0.819. The molecule has 0 saturated carbocycles. The number of nitrogens with zero attached hydrogens (tertiary/aromatic N) is 1. The van der Waals surface area contributed by atoms with Crippen LogP contribution < -0.4 is 4.74 Å². The van der Waals surface area contributed by atoms with Gasteiger partial charge in [-0.2, -0.15) is 0 Å². The molecule has 2 aromatic carbocycles. The summed E-state index contributed by atoms with van der Waals surface area (Å²) in [7, 11) is 1.47. The number of hydrogen-bond donors (Lipinski definition) is 1. The average molecular weight is 369 g/mol. The van der Waals surface area contributed by atoms with E-state index in [9.17, 15) is 14.7 Å². The normalized spacial score (nSPS) is 15.1. The standard InChI is InChI=1S/C21H23NO5/c1-26-16-10-11-18(23)17(14-16)21(25)27-19(15-8-4-2-5-9-15)20(24)22-12-6-3-7-13-22/h2,4-5,8-11,14,19,23H,3,6-7,12-13H2,1H3/t19-/m1/s1. The topological polar surface area (TPSA) is 76.1 Å². The molecule has 1 saturated heterocycles. The first-order valence-electron chi connectivity index (χ1n) is 9.02. The van der Waals surface area contributed by atoms with Gasteiger partial charge in [-0.15, -0.1) is 0 Å². The van der Waals surface area contributed by atoms with Crippen molar-refractivity contribution in [3.05, 3.63) is 59.7 Å². The molecule has 1 aliphatic heterocycles. The van der Waals surface area contributed by atoms with Crippen molar-refractivity contribution in [2.45, 2.75) is 25.4 Å². The molecule has 1 aliphatic rings. The Morgan fingerprint density at radius 3 is 2.41 bits per heavy atom. The molecule has 1 atom stereocenters. The summed E-state index contributed by atoms with van der Waals surface area (Å²) in [5.74, 6) is -0.821. The summed E-state index contributed by atoms with van der Waals surface area (Å²) < 4.78 is 10.7. The molecule has 3 rings (SSSR count). The van der Waals surface area contributed by atoms with Crippen molar-refractivity contribution in [1.82, 2.24) is 4.90 Å². The second-order valence-corrected chi connectivity index (χ2v) is 6.47. The number of carbonyl (C=O) groups is 2. The summed E-state index contributed by atoms with van der Waals surface area (Å²) in [5.41, 5.74) is 0.561. The number of amides is 1. The first-order chi connectivity index (χ1) is 13.1. The van der Waals surface area contributed by atoms with Gasteiger partial charge in [0.05, 0.1) is 7.11 Å². The number of likely N-dealkylation sites (tertiary alicyclic amines) is 1. The molecule has 1 amide bonds. The maximum Gasteiger partial charge on any atom is 0.343 e. The highest BCUT2D eigenvalue weighted by Crippen LogP contribution is 2.28. The Bertz CT molecular complexity index is 799. The highest BCUT2D eigenvalue weighted by Gasteiger charge is 2.31. The van der Waals surface area contributed by atoms with Gasteiger partial charge >= 0.3 is 5.97 Å². The Hall–Kier alpha value is -3.02. The summed E-state index contributed by atoms with van der Waals surface area (Å²) in [5, 5.41) is 10.0. The largest absolute Gasteiger partial charge is 0.507 e. The number of carbonyl (C=O) groups excluding carboxylic acids is 2. The molecule has 1 heterocycles. The zero-order valence-electron chi connectivity index (χ0n) is 15.3. The van der Waals surface area contributed by atoms with Gasteiger partial charge in [-0.3, -0.25) is 4.79 Å². The van der Waals surface area contributed by atoms with Crippen LogP contribution in [0.1, 0.15) is 41.3 Å². The van der Waals surface area contributed by atoms with E-state index in [2.05, 4.69) is 0 Å². The van der Waals surface area contributed by atoms with Gasteiger partial charge in [-0.05, 0) is 37.5 Å². The van der Waals surface area contributed by atoms with Gasteiger partial charge in [0.1, 0.15) is 17.1 Å². The lowest BCUT2D eigenvalue weighted by molar-refractivity contribution is -0.142.